The second-order valence-corrected chi connectivity index (χ2v) is 5.13. The summed E-state index contributed by atoms with van der Waals surface area (Å²) in [7, 11) is 1.66. The maximum absolute atomic E-state index is 12.2. The Hall–Kier alpha value is -1.90. The molecule has 19 heavy (non-hydrogen) atoms. The van der Waals surface area contributed by atoms with Crippen molar-refractivity contribution >= 4 is 17.6 Å². The van der Waals surface area contributed by atoms with Crippen molar-refractivity contribution in [1.82, 2.24) is 0 Å². The highest BCUT2D eigenvalue weighted by atomic mass is 16.5. The summed E-state index contributed by atoms with van der Waals surface area (Å²) in [6.45, 7) is 0. The monoisotopic (exact) mass is 256 g/mol. The van der Waals surface area contributed by atoms with Crippen molar-refractivity contribution in [3.8, 4) is 5.75 Å². The molecule has 0 amide bonds. The lowest BCUT2D eigenvalue weighted by molar-refractivity contribution is -0.125. The third kappa shape index (κ3) is 1.89. The maximum atomic E-state index is 12.2. The Morgan fingerprint density at radius 3 is 2.79 bits per heavy atom. The lowest BCUT2D eigenvalue weighted by Crippen LogP contribution is -2.26. The highest BCUT2D eigenvalue weighted by molar-refractivity contribution is 6.11. The van der Waals surface area contributed by atoms with Crippen molar-refractivity contribution in [1.29, 1.82) is 0 Å². The first kappa shape index (κ1) is 12.2. The van der Waals surface area contributed by atoms with Crippen molar-refractivity contribution in [3.05, 3.63) is 34.9 Å². The lowest BCUT2D eigenvalue weighted by atomic mass is 9.74. The summed E-state index contributed by atoms with van der Waals surface area (Å²) in [5, 5.41) is 0. The quantitative estimate of drug-likeness (QED) is 0.603. The Balaban J connectivity index is 2.06. The molecule has 0 bridgehead atoms. The summed E-state index contributed by atoms with van der Waals surface area (Å²) in [6.07, 6.45) is 3.87. The highest BCUT2D eigenvalue weighted by Gasteiger charge is 2.32. The number of Topliss-reactive ketones (excluding diaryl/α,β-unsaturated/α-hetero) is 1. The van der Waals surface area contributed by atoms with Crippen LogP contribution in [0, 0.1) is 5.92 Å². The predicted octanol–water partition coefficient (Wildman–Crippen LogP) is 2.57. The molecule has 0 aliphatic heterocycles. The number of fused-ring (bicyclic) bond motifs is 2. The fraction of sp³-hybridized carbons (Fsp3) is 0.375. The van der Waals surface area contributed by atoms with Gasteiger partial charge >= 0.3 is 0 Å². The fourth-order valence-electron chi connectivity index (χ4n) is 3.11. The van der Waals surface area contributed by atoms with Gasteiger partial charge in [0.25, 0.3) is 0 Å². The van der Waals surface area contributed by atoms with E-state index in [-0.39, 0.29) is 5.78 Å². The van der Waals surface area contributed by atoms with Crippen LogP contribution in [0.3, 0.4) is 0 Å². The van der Waals surface area contributed by atoms with E-state index in [0.717, 1.165) is 42.4 Å². The number of benzene rings is 1. The van der Waals surface area contributed by atoms with Crippen LogP contribution in [0.4, 0.5) is 0 Å². The molecule has 0 spiro atoms. The van der Waals surface area contributed by atoms with E-state index in [1.165, 1.54) is 11.1 Å². The molecule has 0 saturated heterocycles. The Morgan fingerprint density at radius 1 is 1.21 bits per heavy atom. The van der Waals surface area contributed by atoms with Gasteiger partial charge in [0.15, 0.2) is 5.78 Å². The largest absolute Gasteiger partial charge is 0.497 e. The molecule has 2 aliphatic rings. The Labute approximate surface area is 112 Å². The number of ether oxygens (including phenoxy) is 1. The van der Waals surface area contributed by atoms with Gasteiger partial charge in [-0.2, -0.15) is 0 Å². The molecule has 2 aliphatic carbocycles. The average molecular weight is 256 g/mol. The molecular formula is C16H16O3. The zero-order valence-corrected chi connectivity index (χ0v) is 10.9. The van der Waals surface area contributed by atoms with Crippen LogP contribution in [0.5, 0.6) is 5.75 Å². The number of methoxy groups -OCH3 is 1. The minimum atomic E-state index is -0.418. The Bertz CT molecular complexity index is 584. The van der Waals surface area contributed by atoms with Gasteiger partial charge in [-0.15, -0.1) is 0 Å². The van der Waals surface area contributed by atoms with Gasteiger partial charge in [-0.05, 0) is 60.1 Å². The van der Waals surface area contributed by atoms with Gasteiger partial charge in [-0.3, -0.25) is 4.79 Å². The van der Waals surface area contributed by atoms with E-state index in [0.29, 0.717) is 6.42 Å². The number of rotatable bonds is 2. The second-order valence-electron chi connectivity index (χ2n) is 5.13. The number of hydrogen-bond acceptors (Lipinski definition) is 3. The van der Waals surface area contributed by atoms with Crippen LogP contribution in [0.15, 0.2) is 23.8 Å². The van der Waals surface area contributed by atoms with Crippen LogP contribution in [0.1, 0.15) is 30.4 Å². The molecule has 3 heteroatoms. The molecule has 0 radical (unpaired) electrons. The summed E-state index contributed by atoms with van der Waals surface area (Å²) in [6, 6.07) is 6.03. The highest BCUT2D eigenvalue weighted by Crippen LogP contribution is 2.40. The average Bonchev–Trinajstić information content (AvgIpc) is 2.46. The van der Waals surface area contributed by atoms with Crippen molar-refractivity contribution < 1.29 is 14.3 Å². The zero-order valence-electron chi connectivity index (χ0n) is 10.9. The van der Waals surface area contributed by atoms with E-state index in [2.05, 4.69) is 6.07 Å². The van der Waals surface area contributed by atoms with Crippen LogP contribution in [0.25, 0.3) is 5.57 Å². The van der Waals surface area contributed by atoms with Crippen molar-refractivity contribution in [3.63, 3.8) is 0 Å². The minimum absolute atomic E-state index is 0.0396. The van der Waals surface area contributed by atoms with E-state index in [4.69, 9.17) is 4.74 Å². The second kappa shape index (κ2) is 4.65. The van der Waals surface area contributed by atoms with Gasteiger partial charge in [0, 0.05) is 0 Å². The van der Waals surface area contributed by atoms with Crippen molar-refractivity contribution in [2.24, 2.45) is 5.92 Å². The SMILES string of the molecule is COc1ccc2c(c1)CCC1=C2CCC(C=O)C1=O. The normalized spacial score (nSPS) is 21.7. The molecule has 0 N–H and O–H groups in total. The smallest absolute Gasteiger partial charge is 0.169 e. The zero-order chi connectivity index (χ0) is 13.4. The summed E-state index contributed by atoms with van der Waals surface area (Å²) in [4.78, 5) is 23.1. The van der Waals surface area contributed by atoms with E-state index in [1.54, 1.807) is 7.11 Å². The van der Waals surface area contributed by atoms with Crippen LogP contribution >= 0.6 is 0 Å². The molecule has 1 unspecified atom stereocenters. The molecule has 0 fully saturated rings. The minimum Gasteiger partial charge on any atom is -0.497 e. The molecule has 3 nitrogen and oxygen atoms in total. The number of carbonyl (C=O) groups excluding carboxylic acids is 2. The van der Waals surface area contributed by atoms with E-state index < -0.39 is 5.92 Å². The van der Waals surface area contributed by atoms with Crippen molar-refractivity contribution in [2.45, 2.75) is 25.7 Å². The number of aryl methyl sites for hydroxylation is 1. The summed E-state index contributed by atoms with van der Waals surface area (Å²) in [5.41, 5.74) is 4.43. The predicted molar refractivity (Wildman–Crippen MR) is 72.0 cm³/mol. The number of aldehydes is 1. The third-order valence-electron chi connectivity index (χ3n) is 4.15. The first-order valence-electron chi connectivity index (χ1n) is 6.63. The third-order valence-corrected chi connectivity index (χ3v) is 4.15. The maximum Gasteiger partial charge on any atom is 0.169 e. The van der Waals surface area contributed by atoms with Gasteiger partial charge in [-0.1, -0.05) is 6.07 Å². The van der Waals surface area contributed by atoms with Gasteiger partial charge in [0.05, 0.1) is 13.0 Å². The Kier molecular flexibility index (Phi) is 2.97. The number of allylic oxidation sites excluding steroid dienone is 2. The first-order chi connectivity index (χ1) is 9.24. The molecule has 0 saturated carbocycles. The number of hydrogen-bond donors (Lipinski definition) is 0. The van der Waals surface area contributed by atoms with Gasteiger partial charge in [-0.25, -0.2) is 0 Å². The van der Waals surface area contributed by atoms with E-state index in [9.17, 15) is 9.59 Å². The Morgan fingerprint density at radius 2 is 2.05 bits per heavy atom. The fourth-order valence-corrected chi connectivity index (χ4v) is 3.11. The summed E-state index contributed by atoms with van der Waals surface area (Å²) >= 11 is 0. The van der Waals surface area contributed by atoms with Crippen LogP contribution < -0.4 is 4.74 Å². The number of carbonyl (C=O) groups is 2. The van der Waals surface area contributed by atoms with Crippen molar-refractivity contribution in [2.75, 3.05) is 7.11 Å². The summed E-state index contributed by atoms with van der Waals surface area (Å²) < 4.78 is 5.24. The molecule has 1 aromatic rings. The summed E-state index contributed by atoms with van der Waals surface area (Å²) in [5.74, 6) is 0.479. The first-order valence-corrected chi connectivity index (χ1v) is 6.63. The number of ketones is 1. The molecule has 3 rings (SSSR count). The van der Waals surface area contributed by atoms with E-state index in [1.807, 2.05) is 12.1 Å². The molecule has 1 atom stereocenters. The molecular weight excluding hydrogens is 240 g/mol. The van der Waals surface area contributed by atoms with E-state index >= 15 is 0 Å². The standard InChI is InChI=1S/C16H16O3/c1-19-12-4-7-13-10(8-12)2-6-15-14(13)5-3-11(9-17)16(15)18/h4,7-9,11H,2-3,5-6H2,1H3. The van der Waals surface area contributed by atoms with Gasteiger partial charge in [0.1, 0.15) is 12.0 Å². The molecule has 0 aromatic heterocycles. The lowest BCUT2D eigenvalue weighted by Gasteiger charge is -2.28. The van der Waals surface area contributed by atoms with Gasteiger partial charge < -0.3 is 9.53 Å². The van der Waals surface area contributed by atoms with Crippen LogP contribution in [0.2, 0.25) is 0 Å². The van der Waals surface area contributed by atoms with Crippen LogP contribution in [-0.4, -0.2) is 19.2 Å². The topological polar surface area (TPSA) is 43.4 Å². The van der Waals surface area contributed by atoms with Crippen LogP contribution in [-0.2, 0) is 16.0 Å². The van der Waals surface area contributed by atoms with Gasteiger partial charge in [0.2, 0.25) is 0 Å². The molecule has 0 heterocycles. The molecule has 1 aromatic carbocycles. The molecule has 98 valence electrons.